The second-order valence-electron chi connectivity index (χ2n) is 6.80. The molecule has 4 nitrogen and oxygen atoms in total. The summed E-state index contributed by atoms with van der Waals surface area (Å²) in [4.78, 5) is 15.8. The van der Waals surface area contributed by atoms with Gasteiger partial charge in [-0.1, -0.05) is 24.3 Å². The van der Waals surface area contributed by atoms with E-state index in [0.717, 1.165) is 44.5 Å². The van der Waals surface area contributed by atoms with Crippen LogP contribution in [0, 0.1) is 6.92 Å². The number of β-amino-alcohol motifs (C(OH)–C–C–N with tert-alkyl or cyclic N) is 1. The van der Waals surface area contributed by atoms with Crippen LogP contribution in [-0.4, -0.2) is 53.0 Å². The van der Waals surface area contributed by atoms with Crippen LogP contribution in [0.3, 0.4) is 0 Å². The Labute approximate surface area is 132 Å². The van der Waals surface area contributed by atoms with E-state index in [1.165, 1.54) is 5.56 Å². The lowest BCUT2D eigenvalue weighted by Crippen LogP contribution is -2.46. The highest BCUT2D eigenvalue weighted by Crippen LogP contribution is 2.36. The Morgan fingerprint density at radius 3 is 2.55 bits per heavy atom. The van der Waals surface area contributed by atoms with Gasteiger partial charge in [0.2, 0.25) is 5.91 Å². The molecule has 2 aliphatic heterocycles. The van der Waals surface area contributed by atoms with Crippen LogP contribution in [0.1, 0.15) is 37.3 Å². The third-order valence-electron chi connectivity index (χ3n) is 5.35. The van der Waals surface area contributed by atoms with Crippen molar-refractivity contribution in [1.29, 1.82) is 0 Å². The number of carbonyl (C=O) groups is 1. The zero-order valence-electron chi connectivity index (χ0n) is 13.6. The molecule has 1 aromatic carbocycles. The molecule has 2 saturated heterocycles. The first-order valence-corrected chi connectivity index (χ1v) is 8.28. The van der Waals surface area contributed by atoms with Gasteiger partial charge in [0.25, 0.3) is 0 Å². The summed E-state index contributed by atoms with van der Waals surface area (Å²) in [6.07, 6.45) is 2.83. The number of piperidine rings is 1. The van der Waals surface area contributed by atoms with E-state index in [2.05, 4.69) is 24.0 Å². The highest BCUT2D eigenvalue weighted by molar-refractivity contribution is 5.73. The van der Waals surface area contributed by atoms with Crippen LogP contribution in [0.4, 0.5) is 0 Å². The molecule has 2 fully saturated rings. The van der Waals surface area contributed by atoms with Gasteiger partial charge < -0.3 is 10.0 Å². The van der Waals surface area contributed by atoms with Crippen molar-refractivity contribution >= 4 is 5.91 Å². The molecule has 2 heterocycles. The van der Waals surface area contributed by atoms with E-state index >= 15 is 0 Å². The molecule has 1 atom stereocenters. The van der Waals surface area contributed by atoms with Gasteiger partial charge in [0, 0.05) is 39.1 Å². The molecule has 120 valence electrons. The second-order valence-corrected chi connectivity index (χ2v) is 6.80. The molecule has 0 saturated carbocycles. The lowest BCUT2D eigenvalue weighted by Gasteiger charge is -2.37. The normalized spacial score (nSPS) is 27.3. The smallest absolute Gasteiger partial charge is 0.219 e. The molecule has 2 aliphatic rings. The standard InChI is InChI=1S/C18H26N2O2/c1-14-5-3-4-6-17(14)18(22)9-12-20(13-18)16-7-10-19(11-8-16)15(2)21/h3-6,16,22H,7-13H2,1-2H3/t18-/m0/s1. The van der Waals surface area contributed by atoms with Gasteiger partial charge in [0.15, 0.2) is 0 Å². The van der Waals surface area contributed by atoms with Gasteiger partial charge in [0.1, 0.15) is 5.60 Å². The van der Waals surface area contributed by atoms with Crippen LogP contribution in [0.2, 0.25) is 0 Å². The molecular weight excluding hydrogens is 276 g/mol. The number of rotatable bonds is 2. The number of amides is 1. The molecule has 0 aromatic heterocycles. The van der Waals surface area contributed by atoms with Crippen molar-refractivity contribution in [2.45, 2.75) is 44.8 Å². The van der Waals surface area contributed by atoms with E-state index in [4.69, 9.17) is 0 Å². The van der Waals surface area contributed by atoms with Gasteiger partial charge in [-0.15, -0.1) is 0 Å². The Balaban J connectivity index is 1.66. The molecular formula is C18H26N2O2. The van der Waals surface area contributed by atoms with Crippen LogP contribution in [0.15, 0.2) is 24.3 Å². The number of likely N-dealkylation sites (tertiary alicyclic amines) is 2. The van der Waals surface area contributed by atoms with Gasteiger partial charge in [-0.25, -0.2) is 0 Å². The van der Waals surface area contributed by atoms with Gasteiger partial charge in [-0.3, -0.25) is 9.69 Å². The number of aryl methyl sites for hydroxylation is 1. The Kier molecular flexibility index (Phi) is 4.24. The van der Waals surface area contributed by atoms with E-state index in [1.54, 1.807) is 6.92 Å². The largest absolute Gasteiger partial charge is 0.384 e. The highest BCUT2D eigenvalue weighted by atomic mass is 16.3. The van der Waals surface area contributed by atoms with Crippen LogP contribution >= 0.6 is 0 Å². The average molecular weight is 302 g/mol. The SMILES string of the molecule is CC(=O)N1CCC(N2CC[C@@](O)(c3ccccc3C)C2)CC1. The fraction of sp³-hybridized carbons (Fsp3) is 0.611. The predicted molar refractivity (Wildman–Crippen MR) is 86.5 cm³/mol. The van der Waals surface area contributed by atoms with Crippen molar-refractivity contribution < 1.29 is 9.90 Å². The summed E-state index contributed by atoms with van der Waals surface area (Å²) in [6, 6.07) is 8.65. The topological polar surface area (TPSA) is 43.8 Å². The molecule has 0 spiro atoms. The van der Waals surface area contributed by atoms with Crippen molar-refractivity contribution in [3.05, 3.63) is 35.4 Å². The first-order chi connectivity index (χ1) is 10.5. The van der Waals surface area contributed by atoms with Crippen LogP contribution < -0.4 is 0 Å². The number of benzene rings is 1. The first kappa shape index (κ1) is 15.5. The van der Waals surface area contributed by atoms with E-state index in [1.807, 2.05) is 17.0 Å². The number of carbonyl (C=O) groups excluding carboxylic acids is 1. The Bertz CT molecular complexity index is 552. The molecule has 0 bridgehead atoms. The maximum Gasteiger partial charge on any atom is 0.219 e. The van der Waals surface area contributed by atoms with E-state index < -0.39 is 5.60 Å². The third-order valence-corrected chi connectivity index (χ3v) is 5.35. The lowest BCUT2D eigenvalue weighted by atomic mass is 9.89. The number of aliphatic hydroxyl groups is 1. The average Bonchev–Trinajstić information content (AvgIpc) is 2.91. The first-order valence-electron chi connectivity index (χ1n) is 8.28. The summed E-state index contributed by atoms with van der Waals surface area (Å²) in [5.74, 6) is 0.177. The van der Waals surface area contributed by atoms with Crippen molar-refractivity contribution in [1.82, 2.24) is 9.80 Å². The zero-order valence-corrected chi connectivity index (χ0v) is 13.6. The monoisotopic (exact) mass is 302 g/mol. The molecule has 0 aliphatic carbocycles. The van der Waals surface area contributed by atoms with Gasteiger partial charge in [-0.05, 0) is 37.3 Å². The van der Waals surface area contributed by atoms with Crippen molar-refractivity contribution in [2.75, 3.05) is 26.2 Å². The quantitative estimate of drug-likeness (QED) is 0.907. The maximum absolute atomic E-state index is 11.4. The lowest BCUT2D eigenvalue weighted by molar-refractivity contribution is -0.130. The van der Waals surface area contributed by atoms with Gasteiger partial charge in [0.05, 0.1) is 0 Å². The Morgan fingerprint density at radius 2 is 1.91 bits per heavy atom. The number of hydrogen-bond acceptors (Lipinski definition) is 3. The molecule has 3 rings (SSSR count). The minimum absolute atomic E-state index is 0.177. The Morgan fingerprint density at radius 1 is 1.23 bits per heavy atom. The fourth-order valence-electron chi connectivity index (χ4n) is 4.00. The van der Waals surface area contributed by atoms with Crippen LogP contribution in [0.25, 0.3) is 0 Å². The molecule has 0 radical (unpaired) electrons. The predicted octanol–water partition coefficient (Wildman–Crippen LogP) is 1.90. The molecule has 0 unspecified atom stereocenters. The van der Waals surface area contributed by atoms with Crippen LogP contribution in [0.5, 0.6) is 0 Å². The summed E-state index contributed by atoms with van der Waals surface area (Å²) in [7, 11) is 0. The zero-order chi connectivity index (χ0) is 15.7. The molecule has 1 amide bonds. The highest BCUT2D eigenvalue weighted by Gasteiger charge is 2.41. The van der Waals surface area contributed by atoms with E-state index in [-0.39, 0.29) is 5.91 Å². The van der Waals surface area contributed by atoms with Gasteiger partial charge in [-0.2, -0.15) is 0 Å². The maximum atomic E-state index is 11.4. The summed E-state index contributed by atoms with van der Waals surface area (Å²) in [5, 5.41) is 11.1. The third kappa shape index (κ3) is 2.90. The van der Waals surface area contributed by atoms with Crippen molar-refractivity contribution in [3.63, 3.8) is 0 Å². The summed E-state index contributed by atoms with van der Waals surface area (Å²) < 4.78 is 0. The summed E-state index contributed by atoms with van der Waals surface area (Å²) >= 11 is 0. The second kappa shape index (κ2) is 6.01. The summed E-state index contributed by atoms with van der Waals surface area (Å²) in [6.45, 7) is 7.06. The molecule has 4 heteroatoms. The van der Waals surface area contributed by atoms with Crippen molar-refractivity contribution in [2.24, 2.45) is 0 Å². The van der Waals surface area contributed by atoms with E-state index in [0.29, 0.717) is 12.6 Å². The fourth-order valence-corrected chi connectivity index (χ4v) is 4.00. The number of hydrogen-bond donors (Lipinski definition) is 1. The molecule has 1 N–H and O–H groups in total. The van der Waals surface area contributed by atoms with Crippen LogP contribution in [-0.2, 0) is 10.4 Å². The van der Waals surface area contributed by atoms with Crippen molar-refractivity contribution in [3.8, 4) is 0 Å². The summed E-state index contributed by atoms with van der Waals surface area (Å²) in [5.41, 5.74) is 1.51. The molecule has 22 heavy (non-hydrogen) atoms. The molecule has 1 aromatic rings. The van der Waals surface area contributed by atoms with Gasteiger partial charge >= 0.3 is 0 Å². The Hall–Kier alpha value is -1.39. The minimum atomic E-state index is -0.719. The number of nitrogens with zero attached hydrogens (tertiary/aromatic N) is 2. The van der Waals surface area contributed by atoms with E-state index in [9.17, 15) is 9.90 Å². The minimum Gasteiger partial charge on any atom is -0.384 e.